The first-order valence-electron chi connectivity index (χ1n) is 10.5. The van der Waals surface area contributed by atoms with Crippen LogP contribution in [0, 0.1) is 12.7 Å². The number of nitrogens with one attached hydrogen (secondary N) is 3. The lowest BCUT2D eigenvalue weighted by Crippen LogP contribution is -2.39. The number of aliphatic imine (C=N–C) groups is 1. The molecule has 32 heavy (non-hydrogen) atoms. The van der Waals surface area contributed by atoms with E-state index in [2.05, 4.69) is 56.9 Å². The summed E-state index contributed by atoms with van der Waals surface area (Å²) in [5.41, 5.74) is 5.53. The van der Waals surface area contributed by atoms with Crippen LogP contribution in [0.1, 0.15) is 17.0 Å². The summed E-state index contributed by atoms with van der Waals surface area (Å²) >= 11 is 0. The Kier molecular flexibility index (Phi) is 8.26. The predicted octanol–water partition coefficient (Wildman–Crippen LogP) is 4.37. The average molecular weight is 546 g/mol. The third-order valence-corrected chi connectivity index (χ3v) is 5.33. The molecule has 0 spiro atoms. The number of aromatic nitrogens is 3. The first-order valence-corrected chi connectivity index (χ1v) is 10.5. The molecule has 0 aliphatic rings. The van der Waals surface area contributed by atoms with Crippen molar-refractivity contribution in [2.75, 3.05) is 20.1 Å². The van der Waals surface area contributed by atoms with Crippen LogP contribution in [-0.4, -0.2) is 40.9 Å². The summed E-state index contributed by atoms with van der Waals surface area (Å²) in [6.45, 7) is 3.63. The molecule has 6 nitrogen and oxygen atoms in total. The molecule has 4 rings (SSSR count). The maximum absolute atomic E-state index is 13.1. The molecule has 0 aliphatic heterocycles. The minimum atomic E-state index is -0.251. The maximum atomic E-state index is 13.1. The highest BCUT2D eigenvalue weighted by Crippen LogP contribution is 2.21. The van der Waals surface area contributed by atoms with Crippen LogP contribution in [-0.2, 0) is 12.8 Å². The molecule has 0 amide bonds. The van der Waals surface area contributed by atoms with E-state index in [1.165, 1.54) is 34.3 Å². The monoisotopic (exact) mass is 546 g/mol. The van der Waals surface area contributed by atoms with Crippen molar-refractivity contribution in [2.45, 2.75) is 19.8 Å². The fourth-order valence-electron chi connectivity index (χ4n) is 3.73. The van der Waals surface area contributed by atoms with Gasteiger partial charge in [0, 0.05) is 49.4 Å². The average Bonchev–Trinajstić information content (AvgIpc) is 3.37. The third kappa shape index (κ3) is 5.67. The molecule has 0 bridgehead atoms. The van der Waals surface area contributed by atoms with E-state index >= 15 is 0 Å². The Labute approximate surface area is 204 Å². The van der Waals surface area contributed by atoms with Crippen LogP contribution >= 0.6 is 24.0 Å². The topological polar surface area (TPSA) is 70.0 Å². The first kappa shape index (κ1) is 23.8. The van der Waals surface area contributed by atoms with Crippen molar-refractivity contribution in [3.8, 4) is 5.69 Å². The standard InChI is InChI=1S/C24H27FN6.HI/c1-17-21(22-5-3-4-6-23(22)29-17)12-15-28-24(26-2)27-14-11-19-13-16-31(30-19)20-9-7-18(25)8-10-20;/h3-10,13,16,29H,11-12,14-15H2,1-2H3,(H2,26,27,28);1H. The molecule has 2 heterocycles. The zero-order valence-corrected chi connectivity index (χ0v) is 20.6. The SMILES string of the molecule is CN=C(NCCc1ccn(-c2ccc(F)cc2)n1)NCCc1c(C)[nH]c2ccccc12.I. The lowest BCUT2D eigenvalue weighted by Gasteiger charge is -2.11. The Morgan fingerprint density at radius 2 is 1.75 bits per heavy atom. The third-order valence-electron chi connectivity index (χ3n) is 5.33. The van der Waals surface area contributed by atoms with Gasteiger partial charge >= 0.3 is 0 Å². The number of benzene rings is 2. The number of para-hydroxylation sites is 1. The summed E-state index contributed by atoms with van der Waals surface area (Å²) in [6, 6.07) is 16.7. The Bertz CT molecular complexity index is 1180. The summed E-state index contributed by atoms with van der Waals surface area (Å²) in [6.07, 6.45) is 3.56. The molecule has 0 fully saturated rings. The number of fused-ring (bicyclic) bond motifs is 1. The van der Waals surface area contributed by atoms with Crippen molar-refractivity contribution in [1.82, 2.24) is 25.4 Å². The molecule has 3 N–H and O–H groups in total. The molecule has 0 unspecified atom stereocenters. The van der Waals surface area contributed by atoms with Crippen LogP contribution in [0.3, 0.4) is 0 Å². The largest absolute Gasteiger partial charge is 0.358 e. The van der Waals surface area contributed by atoms with Crippen molar-refractivity contribution in [3.05, 3.63) is 83.6 Å². The van der Waals surface area contributed by atoms with E-state index in [1.807, 2.05) is 12.3 Å². The highest BCUT2D eigenvalue weighted by atomic mass is 127. The first-order chi connectivity index (χ1) is 15.1. The molecule has 168 valence electrons. The minimum Gasteiger partial charge on any atom is -0.358 e. The molecule has 0 saturated heterocycles. The number of guanidine groups is 1. The Morgan fingerprint density at radius 1 is 1.03 bits per heavy atom. The molecule has 0 atom stereocenters. The van der Waals surface area contributed by atoms with Gasteiger partial charge in [-0.05, 0) is 55.3 Å². The van der Waals surface area contributed by atoms with E-state index in [9.17, 15) is 4.39 Å². The van der Waals surface area contributed by atoms with Gasteiger partial charge in [0.2, 0.25) is 0 Å². The van der Waals surface area contributed by atoms with Gasteiger partial charge in [-0.2, -0.15) is 5.10 Å². The van der Waals surface area contributed by atoms with Crippen LogP contribution in [0.15, 0.2) is 65.8 Å². The summed E-state index contributed by atoms with van der Waals surface area (Å²) in [5, 5.41) is 12.6. The quantitative estimate of drug-likeness (QED) is 0.183. The van der Waals surface area contributed by atoms with Crippen LogP contribution in [0.4, 0.5) is 4.39 Å². The fraction of sp³-hybridized carbons (Fsp3) is 0.250. The van der Waals surface area contributed by atoms with E-state index in [-0.39, 0.29) is 29.8 Å². The number of hydrogen-bond acceptors (Lipinski definition) is 2. The van der Waals surface area contributed by atoms with Crippen molar-refractivity contribution >= 4 is 40.8 Å². The Morgan fingerprint density at radius 3 is 2.50 bits per heavy atom. The van der Waals surface area contributed by atoms with Crippen molar-refractivity contribution < 1.29 is 4.39 Å². The normalized spacial score (nSPS) is 11.4. The van der Waals surface area contributed by atoms with Crippen molar-refractivity contribution in [3.63, 3.8) is 0 Å². The van der Waals surface area contributed by atoms with E-state index in [0.717, 1.165) is 36.7 Å². The molecule has 2 aromatic carbocycles. The minimum absolute atomic E-state index is 0. The van der Waals surface area contributed by atoms with E-state index in [4.69, 9.17) is 0 Å². The van der Waals surface area contributed by atoms with Gasteiger partial charge in [0.05, 0.1) is 11.4 Å². The molecule has 0 radical (unpaired) electrons. The number of aryl methyl sites for hydroxylation is 1. The van der Waals surface area contributed by atoms with E-state index < -0.39 is 0 Å². The number of hydrogen-bond donors (Lipinski definition) is 3. The smallest absolute Gasteiger partial charge is 0.190 e. The molecular formula is C24H28FIN6. The number of rotatable bonds is 7. The molecule has 0 aliphatic carbocycles. The summed E-state index contributed by atoms with van der Waals surface area (Å²) in [7, 11) is 1.77. The number of H-pyrrole nitrogens is 1. The van der Waals surface area contributed by atoms with Crippen LogP contribution in [0.2, 0.25) is 0 Å². The zero-order valence-electron chi connectivity index (χ0n) is 18.2. The van der Waals surface area contributed by atoms with E-state index in [1.54, 1.807) is 23.9 Å². The molecule has 4 aromatic rings. The van der Waals surface area contributed by atoms with Crippen molar-refractivity contribution in [1.29, 1.82) is 0 Å². The summed E-state index contributed by atoms with van der Waals surface area (Å²) < 4.78 is 14.8. The second-order valence-electron chi connectivity index (χ2n) is 7.43. The van der Waals surface area contributed by atoms with Gasteiger partial charge in [0.1, 0.15) is 5.82 Å². The second kappa shape index (κ2) is 11.1. The lowest BCUT2D eigenvalue weighted by molar-refractivity contribution is 0.627. The Balaban J connectivity index is 0.00000289. The fourth-order valence-corrected chi connectivity index (χ4v) is 3.73. The molecule has 2 aromatic heterocycles. The van der Waals surface area contributed by atoms with Crippen LogP contribution < -0.4 is 10.6 Å². The lowest BCUT2D eigenvalue weighted by atomic mass is 10.1. The van der Waals surface area contributed by atoms with Gasteiger partial charge in [-0.25, -0.2) is 9.07 Å². The summed E-state index contributed by atoms with van der Waals surface area (Å²) in [5.74, 6) is 0.523. The number of nitrogens with zero attached hydrogens (tertiary/aromatic N) is 3. The van der Waals surface area contributed by atoms with Gasteiger partial charge in [-0.15, -0.1) is 24.0 Å². The highest BCUT2D eigenvalue weighted by Gasteiger charge is 2.08. The maximum Gasteiger partial charge on any atom is 0.190 e. The van der Waals surface area contributed by atoms with Gasteiger partial charge in [0.15, 0.2) is 5.96 Å². The van der Waals surface area contributed by atoms with Gasteiger partial charge in [-0.3, -0.25) is 4.99 Å². The highest BCUT2D eigenvalue weighted by molar-refractivity contribution is 14.0. The number of halogens is 2. The van der Waals surface area contributed by atoms with Crippen molar-refractivity contribution in [2.24, 2.45) is 4.99 Å². The van der Waals surface area contributed by atoms with Gasteiger partial charge in [0.25, 0.3) is 0 Å². The number of aromatic amines is 1. The zero-order chi connectivity index (χ0) is 21.6. The Hall–Kier alpha value is -2.88. The molecule has 0 saturated carbocycles. The second-order valence-corrected chi connectivity index (χ2v) is 7.43. The van der Waals surface area contributed by atoms with Crippen LogP contribution in [0.5, 0.6) is 0 Å². The summed E-state index contributed by atoms with van der Waals surface area (Å²) in [4.78, 5) is 7.76. The predicted molar refractivity (Wildman–Crippen MR) is 139 cm³/mol. The molecular weight excluding hydrogens is 518 g/mol. The van der Waals surface area contributed by atoms with Crippen LogP contribution in [0.25, 0.3) is 16.6 Å². The van der Waals surface area contributed by atoms with Gasteiger partial charge < -0.3 is 15.6 Å². The van der Waals surface area contributed by atoms with Gasteiger partial charge in [-0.1, -0.05) is 18.2 Å². The molecule has 8 heteroatoms. The van der Waals surface area contributed by atoms with E-state index in [0.29, 0.717) is 6.54 Å².